The number of allylic oxidation sites excluding steroid dienone is 2. The van der Waals surface area contributed by atoms with E-state index in [4.69, 9.17) is 0 Å². The molecule has 0 fully saturated rings. The van der Waals surface area contributed by atoms with Crippen molar-refractivity contribution in [1.82, 2.24) is 0 Å². The molecule has 0 aromatic heterocycles. The first kappa shape index (κ1) is 14.4. The summed E-state index contributed by atoms with van der Waals surface area (Å²) in [6, 6.07) is 20.5. The molecule has 0 saturated carbocycles. The van der Waals surface area contributed by atoms with E-state index in [1.165, 1.54) is 40.7 Å². The zero-order valence-electron chi connectivity index (χ0n) is 9.77. The molecule has 0 aliphatic rings. The van der Waals surface area contributed by atoms with E-state index in [1.807, 2.05) is 36.4 Å². The normalized spacial score (nSPS) is 8.65. The molecule has 0 nitrogen and oxygen atoms in total. The van der Waals surface area contributed by atoms with Crippen molar-refractivity contribution in [3.05, 3.63) is 85.5 Å². The van der Waals surface area contributed by atoms with E-state index < -0.39 is 0 Å². The molecule has 83 valence electrons. The molecule has 0 aliphatic heterocycles. The molecule has 2 aromatic rings. The van der Waals surface area contributed by atoms with E-state index >= 15 is 0 Å². The molecule has 2 rings (SSSR count). The second-order valence-corrected chi connectivity index (χ2v) is 5.27. The van der Waals surface area contributed by atoms with Crippen molar-refractivity contribution < 1.29 is 39.6 Å². The number of hydrogen-bond acceptors (Lipinski definition) is 0. The standard InChI is InChI=1S/C10H10.C6H5.Ce/c1-3-9(2)10-7-5-4-6-8-10;1-2-4-6-5-3-1;/h3-8H,1-2H2;1-5H;. The SMILES string of the molecule is C=CC(=C)c1ccccc1.[Ce][c]1ccccc1. The first-order chi connectivity index (χ1) is 8.24. The van der Waals surface area contributed by atoms with Gasteiger partial charge in [-0.15, -0.1) is 0 Å². The molecule has 0 amide bonds. The Morgan fingerprint density at radius 2 is 1.35 bits per heavy atom. The zero-order chi connectivity index (χ0) is 12.5. The van der Waals surface area contributed by atoms with Crippen LogP contribution in [0.2, 0.25) is 0 Å². The Morgan fingerprint density at radius 3 is 1.71 bits per heavy atom. The van der Waals surface area contributed by atoms with Crippen molar-refractivity contribution in [2.45, 2.75) is 0 Å². The first-order valence-corrected chi connectivity index (χ1v) is 6.94. The van der Waals surface area contributed by atoms with Crippen LogP contribution in [0.15, 0.2) is 79.9 Å². The number of rotatable bonds is 2. The fourth-order valence-corrected chi connectivity index (χ4v) is 1.81. The molecule has 0 radical (unpaired) electrons. The third-order valence-corrected chi connectivity index (χ3v) is 3.21. The van der Waals surface area contributed by atoms with Gasteiger partial charge in [0.2, 0.25) is 0 Å². The molecule has 0 atom stereocenters. The van der Waals surface area contributed by atoms with Crippen LogP contribution in [0.3, 0.4) is 0 Å². The van der Waals surface area contributed by atoms with Gasteiger partial charge in [-0.25, -0.2) is 0 Å². The van der Waals surface area contributed by atoms with Gasteiger partial charge in [-0.05, 0) is 11.1 Å². The maximum absolute atomic E-state index is 3.83. The Labute approximate surface area is 130 Å². The molecule has 0 heterocycles. The van der Waals surface area contributed by atoms with Crippen LogP contribution in [0.4, 0.5) is 0 Å². The minimum atomic E-state index is 0.973. The van der Waals surface area contributed by atoms with E-state index in [2.05, 4.69) is 37.4 Å². The zero-order valence-corrected chi connectivity index (χ0v) is 12.9. The van der Waals surface area contributed by atoms with Gasteiger partial charge in [0.25, 0.3) is 0 Å². The Kier molecular flexibility index (Phi) is 7.09. The van der Waals surface area contributed by atoms with E-state index in [-0.39, 0.29) is 0 Å². The van der Waals surface area contributed by atoms with Crippen LogP contribution >= 0.6 is 0 Å². The van der Waals surface area contributed by atoms with E-state index in [0.717, 1.165) is 11.1 Å². The molecule has 0 unspecified atom stereocenters. The third kappa shape index (κ3) is 5.96. The summed E-state index contributed by atoms with van der Waals surface area (Å²) in [6.07, 6.45) is 1.76. The van der Waals surface area contributed by atoms with Crippen molar-refractivity contribution in [1.29, 1.82) is 0 Å². The van der Waals surface area contributed by atoms with Crippen LogP contribution < -0.4 is 1.08 Å². The summed E-state index contributed by atoms with van der Waals surface area (Å²) >= 11 is 1.17. The van der Waals surface area contributed by atoms with Gasteiger partial charge >= 0.3 is 71.1 Å². The van der Waals surface area contributed by atoms with Crippen LogP contribution in [0, 0.1) is 39.6 Å². The van der Waals surface area contributed by atoms with Crippen molar-refractivity contribution in [2.24, 2.45) is 0 Å². The topological polar surface area (TPSA) is 0 Å². The molecule has 2 aromatic carbocycles. The summed E-state index contributed by atoms with van der Waals surface area (Å²) in [5.74, 6) is 0. The summed E-state index contributed by atoms with van der Waals surface area (Å²) in [7, 11) is 0. The van der Waals surface area contributed by atoms with Gasteiger partial charge in [-0.3, -0.25) is 0 Å². The van der Waals surface area contributed by atoms with Gasteiger partial charge in [0, 0.05) is 0 Å². The van der Waals surface area contributed by atoms with E-state index in [1.54, 1.807) is 6.08 Å². The summed E-state index contributed by atoms with van der Waals surface area (Å²) < 4.78 is 1.46. The van der Waals surface area contributed by atoms with Crippen molar-refractivity contribution in [3.8, 4) is 0 Å². The van der Waals surface area contributed by atoms with Gasteiger partial charge in [0.05, 0.1) is 0 Å². The summed E-state index contributed by atoms with van der Waals surface area (Å²) in [6.45, 7) is 7.46. The van der Waals surface area contributed by atoms with Crippen LogP contribution in [-0.2, 0) is 0 Å². The Morgan fingerprint density at radius 1 is 0.882 bits per heavy atom. The maximum atomic E-state index is 3.83. The molecule has 0 spiro atoms. The van der Waals surface area contributed by atoms with Crippen LogP contribution in [0.1, 0.15) is 5.56 Å². The average molecular weight is 347 g/mol. The fraction of sp³-hybridized carbons (Fsp3) is 0. The van der Waals surface area contributed by atoms with Gasteiger partial charge in [0.1, 0.15) is 0 Å². The van der Waals surface area contributed by atoms with Crippen LogP contribution in [-0.4, -0.2) is 0 Å². The molecular weight excluding hydrogens is 332 g/mol. The molecule has 0 N–H and O–H groups in total. The fourth-order valence-electron chi connectivity index (χ4n) is 1.21. The summed E-state index contributed by atoms with van der Waals surface area (Å²) in [5.41, 5.74) is 2.11. The molecular formula is C16H15Ce. The number of hydrogen-bond donors (Lipinski definition) is 0. The van der Waals surface area contributed by atoms with Gasteiger partial charge in [-0.1, -0.05) is 49.6 Å². The molecule has 0 saturated heterocycles. The molecule has 17 heavy (non-hydrogen) atoms. The molecule has 1 heteroatoms. The van der Waals surface area contributed by atoms with Gasteiger partial charge in [-0.2, -0.15) is 0 Å². The Hall–Kier alpha value is -0.703. The Balaban J connectivity index is 0.000000181. The second-order valence-electron chi connectivity index (χ2n) is 3.46. The molecule has 0 bridgehead atoms. The summed E-state index contributed by atoms with van der Waals surface area (Å²) in [4.78, 5) is 0. The quantitative estimate of drug-likeness (QED) is 0.726. The van der Waals surface area contributed by atoms with Crippen molar-refractivity contribution in [3.63, 3.8) is 0 Å². The predicted molar refractivity (Wildman–Crippen MR) is 71.7 cm³/mol. The Bertz CT molecular complexity index is 457. The van der Waals surface area contributed by atoms with Crippen molar-refractivity contribution in [2.75, 3.05) is 0 Å². The van der Waals surface area contributed by atoms with Gasteiger partial charge in [0.15, 0.2) is 0 Å². The first-order valence-electron chi connectivity index (χ1n) is 5.37. The van der Waals surface area contributed by atoms with Crippen LogP contribution in [0.5, 0.6) is 0 Å². The average Bonchev–Trinajstić information content (AvgIpc) is 2.40. The van der Waals surface area contributed by atoms with E-state index in [0.29, 0.717) is 0 Å². The monoisotopic (exact) mass is 347 g/mol. The predicted octanol–water partition coefficient (Wildman–Crippen LogP) is 3.75. The second kappa shape index (κ2) is 8.40. The number of benzene rings is 2. The van der Waals surface area contributed by atoms with Gasteiger partial charge < -0.3 is 0 Å². The van der Waals surface area contributed by atoms with Crippen molar-refractivity contribution >= 4 is 6.65 Å². The van der Waals surface area contributed by atoms with E-state index in [9.17, 15) is 0 Å². The summed E-state index contributed by atoms with van der Waals surface area (Å²) in [5, 5.41) is 0. The molecule has 0 aliphatic carbocycles. The third-order valence-electron chi connectivity index (χ3n) is 2.16. The van der Waals surface area contributed by atoms with Crippen LogP contribution in [0.25, 0.3) is 5.57 Å². The minimum absolute atomic E-state index is 0.973.